The molecule has 0 spiro atoms. The number of nitrogens with zero attached hydrogens (tertiary/aromatic N) is 1. The van der Waals surface area contributed by atoms with E-state index in [9.17, 15) is 14.4 Å². The molecule has 1 aromatic rings. The second-order valence-corrected chi connectivity index (χ2v) is 9.16. The molecule has 1 aliphatic rings. The minimum absolute atomic E-state index is 0.0415. The summed E-state index contributed by atoms with van der Waals surface area (Å²) in [5.74, 6) is -0.510. The summed E-state index contributed by atoms with van der Waals surface area (Å²) in [5, 5.41) is 10.5. The van der Waals surface area contributed by atoms with E-state index in [-0.39, 0.29) is 29.3 Å². The van der Waals surface area contributed by atoms with Gasteiger partial charge in [0.05, 0.1) is 11.5 Å². The molecule has 0 radical (unpaired) electrons. The fourth-order valence-corrected chi connectivity index (χ4v) is 3.87. The third kappa shape index (κ3) is 7.32. The Morgan fingerprint density at radius 2 is 1.97 bits per heavy atom. The normalized spacial score (nSPS) is 16.2. The van der Waals surface area contributed by atoms with Gasteiger partial charge in [-0.05, 0) is 51.0 Å². The third-order valence-corrected chi connectivity index (χ3v) is 5.57. The number of likely N-dealkylation sites (tertiary alicyclic amines) is 1. The molecule has 162 valence electrons. The number of carbonyl (C=O) groups excluding carboxylic acids is 3. The largest absolute Gasteiger partial charge is 0.383 e. The van der Waals surface area contributed by atoms with Crippen LogP contribution in [-0.2, 0) is 9.53 Å². The monoisotopic (exact) mass is 424 g/mol. The Labute approximate surface area is 176 Å². The van der Waals surface area contributed by atoms with Crippen LogP contribution in [0.3, 0.4) is 0 Å². The van der Waals surface area contributed by atoms with Gasteiger partial charge in [-0.1, -0.05) is 6.07 Å². The summed E-state index contributed by atoms with van der Waals surface area (Å²) >= 11 is 1.34. The molecule has 9 heteroatoms. The molecule has 0 aliphatic carbocycles. The van der Waals surface area contributed by atoms with Crippen LogP contribution in [0, 0.1) is 5.92 Å². The maximum absolute atomic E-state index is 12.8. The van der Waals surface area contributed by atoms with Gasteiger partial charge in [-0.25, -0.2) is 4.79 Å². The first-order valence-corrected chi connectivity index (χ1v) is 10.8. The smallest absolute Gasteiger partial charge is 0.317 e. The molecule has 1 unspecified atom stereocenters. The van der Waals surface area contributed by atoms with Crippen molar-refractivity contribution in [3.63, 3.8) is 0 Å². The molecule has 2 rings (SSSR count). The number of carbonyl (C=O) groups is 3. The Hall–Kier alpha value is -2.13. The van der Waals surface area contributed by atoms with Crippen molar-refractivity contribution in [3.05, 3.63) is 22.4 Å². The first kappa shape index (κ1) is 23.2. The van der Waals surface area contributed by atoms with Gasteiger partial charge in [0.25, 0.3) is 5.91 Å². The number of piperidine rings is 1. The summed E-state index contributed by atoms with van der Waals surface area (Å²) in [6, 6.07) is 2.80. The average Bonchev–Trinajstić information content (AvgIpc) is 3.20. The number of nitrogens with one attached hydrogen (secondary N) is 3. The van der Waals surface area contributed by atoms with Crippen LogP contribution in [0.4, 0.5) is 4.79 Å². The highest BCUT2D eigenvalue weighted by molar-refractivity contribution is 7.12. The highest BCUT2D eigenvalue weighted by Crippen LogP contribution is 2.22. The van der Waals surface area contributed by atoms with Crippen LogP contribution >= 0.6 is 11.3 Å². The van der Waals surface area contributed by atoms with Gasteiger partial charge in [0.2, 0.25) is 5.91 Å². The SMILES string of the molecule is COCCNC(=O)C(NC(=O)c1cccs1)C1CCN(C(=O)NC(C)(C)C)CC1. The maximum Gasteiger partial charge on any atom is 0.317 e. The van der Waals surface area contributed by atoms with Crippen molar-refractivity contribution in [1.29, 1.82) is 0 Å². The Morgan fingerprint density at radius 1 is 1.28 bits per heavy atom. The van der Waals surface area contributed by atoms with Crippen LogP contribution in [0.5, 0.6) is 0 Å². The van der Waals surface area contributed by atoms with E-state index in [0.29, 0.717) is 44.0 Å². The zero-order valence-corrected chi connectivity index (χ0v) is 18.4. The molecule has 0 bridgehead atoms. The molecule has 29 heavy (non-hydrogen) atoms. The third-order valence-electron chi connectivity index (χ3n) is 4.70. The molecular formula is C20H32N4O4S. The van der Waals surface area contributed by atoms with Gasteiger partial charge < -0.3 is 25.6 Å². The summed E-state index contributed by atoms with van der Waals surface area (Å²) in [4.78, 5) is 40.0. The minimum atomic E-state index is -0.644. The zero-order valence-electron chi connectivity index (χ0n) is 17.6. The number of ether oxygens (including phenoxy) is 1. The molecule has 1 atom stereocenters. The van der Waals surface area contributed by atoms with E-state index in [1.807, 2.05) is 26.2 Å². The van der Waals surface area contributed by atoms with Gasteiger partial charge in [-0.3, -0.25) is 9.59 Å². The Morgan fingerprint density at radius 3 is 2.52 bits per heavy atom. The van der Waals surface area contributed by atoms with Gasteiger partial charge in [0.15, 0.2) is 0 Å². The van der Waals surface area contributed by atoms with Crippen LogP contribution in [0.2, 0.25) is 0 Å². The van der Waals surface area contributed by atoms with E-state index in [2.05, 4.69) is 16.0 Å². The van der Waals surface area contributed by atoms with Crippen molar-refractivity contribution in [1.82, 2.24) is 20.9 Å². The lowest BCUT2D eigenvalue weighted by atomic mass is 9.88. The lowest BCUT2D eigenvalue weighted by molar-refractivity contribution is -0.124. The Balaban J connectivity index is 2.00. The molecule has 0 aromatic carbocycles. The van der Waals surface area contributed by atoms with Crippen LogP contribution in [0.1, 0.15) is 43.3 Å². The average molecular weight is 425 g/mol. The first-order chi connectivity index (χ1) is 13.7. The number of thiophene rings is 1. The maximum atomic E-state index is 12.8. The van der Waals surface area contributed by atoms with Crippen LogP contribution < -0.4 is 16.0 Å². The number of amides is 4. The predicted octanol–water partition coefficient (Wildman–Crippen LogP) is 1.83. The van der Waals surface area contributed by atoms with Gasteiger partial charge >= 0.3 is 6.03 Å². The molecule has 3 N–H and O–H groups in total. The molecule has 1 saturated heterocycles. The molecule has 1 aromatic heterocycles. The van der Waals surface area contributed by atoms with Crippen molar-refractivity contribution in [2.24, 2.45) is 5.92 Å². The van der Waals surface area contributed by atoms with Gasteiger partial charge in [0.1, 0.15) is 6.04 Å². The number of methoxy groups -OCH3 is 1. The van der Waals surface area contributed by atoms with Crippen molar-refractivity contribution in [2.45, 2.75) is 45.2 Å². The summed E-state index contributed by atoms with van der Waals surface area (Å²) in [7, 11) is 1.57. The summed E-state index contributed by atoms with van der Waals surface area (Å²) in [5.41, 5.74) is -0.299. The highest BCUT2D eigenvalue weighted by Gasteiger charge is 2.34. The molecule has 0 saturated carbocycles. The lowest BCUT2D eigenvalue weighted by Crippen LogP contribution is -2.56. The van der Waals surface area contributed by atoms with Crippen LogP contribution in [0.15, 0.2) is 17.5 Å². The quantitative estimate of drug-likeness (QED) is 0.582. The summed E-state index contributed by atoms with van der Waals surface area (Å²) < 4.78 is 4.99. The first-order valence-electron chi connectivity index (χ1n) is 9.89. The van der Waals surface area contributed by atoms with Crippen LogP contribution in [-0.4, -0.2) is 67.7 Å². The van der Waals surface area contributed by atoms with Gasteiger partial charge in [-0.2, -0.15) is 0 Å². The van der Waals surface area contributed by atoms with E-state index < -0.39 is 6.04 Å². The predicted molar refractivity (Wildman–Crippen MR) is 113 cm³/mol. The molecule has 8 nitrogen and oxygen atoms in total. The topological polar surface area (TPSA) is 99.8 Å². The standard InChI is InChI=1S/C20H32N4O4S/c1-20(2,3)23-19(27)24-10-7-14(8-11-24)16(18(26)21-9-12-28-4)22-17(25)15-6-5-13-29-15/h5-6,13-14,16H,7-12H2,1-4H3,(H,21,26)(H,22,25)(H,23,27). The highest BCUT2D eigenvalue weighted by atomic mass is 32.1. The number of hydrogen-bond acceptors (Lipinski definition) is 5. The van der Waals surface area contributed by atoms with E-state index in [0.717, 1.165) is 0 Å². The minimum Gasteiger partial charge on any atom is -0.383 e. The number of hydrogen-bond donors (Lipinski definition) is 3. The fourth-order valence-electron chi connectivity index (χ4n) is 3.24. The van der Waals surface area contributed by atoms with Gasteiger partial charge in [-0.15, -0.1) is 11.3 Å². The van der Waals surface area contributed by atoms with E-state index in [1.165, 1.54) is 11.3 Å². The zero-order chi connectivity index (χ0) is 21.4. The Kier molecular flexibility index (Phi) is 8.45. The second-order valence-electron chi connectivity index (χ2n) is 8.22. The van der Waals surface area contributed by atoms with E-state index >= 15 is 0 Å². The number of rotatable bonds is 7. The van der Waals surface area contributed by atoms with Crippen molar-refractivity contribution >= 4 is 29.2 Å². The van der Waals surface area contributed by atoms with Crippen LogP contribution in [0.25, 0.3) is 0 Å². The van der Waals surface area contributed by atoms with E-state index in [1.54, 1.807) is 24.1 Å². The molecular weight excluding hydrogens is 392 g/mol. The molecule has 1 aliphatic heterocycles. The lowest BCUT2D eigenvalue weighted by Gasteiger charge is -2.37. The Bertz CT molecular complexity index is 679. The van der Waals surface area contributed by atoms with Crippen molar-refractivity contribution < 1.29 is 19.1 Å². The summed E-state index contributed by atoms with van der Waals surface area (Å²) in [6.45, 7) is 7.71. The second kappa shape index (κ2) is 10.6. The molecule has 2 heterocycles. The fraction of sp³-hybridized carbons (Fsp3) is 0.650. The molecule has 1 fully saturated rings. The molecule has 4 amide bonds. The summed E-state index contributed by atoms with van der Waals surface area (Å²) in [6.07, 6.45) is 1.29. The number of urea groups is 1. The van der Waals surface area contributed by atoms with Crippen molar-refractivity contribution in [2.75, 3.05) is 33.4 Å². The van der Waals surface area contributed by atoms with Crippen molar-refractivity contribution in [3.8, 4) is 0 Å². The van der Waals surface area contributed by atoms with Gasteiger partial charge in [0, 0.05) is 32.3 Å². The van der Waals surface area contributed by atoms with E-state index in [4.69, 9.17) is 4.74 Å².